The Morgan fingerprint density at radius 1 is 1.14 bits per heavy atom. The second-order valence-electron chi connectivity index (χ2n) is 11.3. The van der Waals surface area contributed by atoms with Gasteiger partial charge in [0.05, 0.1) is 54.5 Å². The molecule has 1 aliphatic carbocycles. The highest BCUT2D eigenvalue weighted by molar-refractivity contribution is 7.99. The van der Waals surface area contributed by atoms with Crippen LogP contribution in [0.15, 0.2) is 42.6 Å². The number of carbonyl (C=O) groups excluding carboxylic acids is 3. The van der Waals surface area contributed by atoms with E-state index in [0.717, 1.165) is 43.0 Å². The predicted molar refractivity (Wildman–Crippen MR) is 167 cm³/mol. The lowest BCUT2D eigenvalue weighted by atomic mass is 9.87. The summed E-state index contributed by atoms with van der Waals surface area (Å²) in [6, 6.07) is 10.0. The third-order valence-corrected chi connectivity index (χ3v) is 9.95. The molecule has 8 nitrogen and oxygen atoms in total. The molecule has 1 saturated carbocycles. The molecule has 1 N–H and O–H groups in total. The average molecular weight is 630 g/mol. The Kier molecular flexibility index (Phi) is 9.99. The Labute approximate surface area is 260 Å². The Bertz CT molecular complexity index is 1510. The zero-order valence-corrected chi connectivity index (χ0v) is 26.2. The number of fused-ring (bicyclic) bond motifs is 1. The maximum absolute atomic E-state index is 15.3. The van der Waals surface area contributed by atoms with Crippen molar-refractivity contribution in [2.75, 3.05) is 31.8 Å². The number of hydrogen-bond donors (Lipinski definition) is 1. The molecule has 2 amide bonds. The summed E-state index contributed by atoms with van der Waals surface area (Å²) in [5.41, 5.74) is 1.67. The molecule has 2 atom stereocenters. The zero-order chi connectivity index (χ0) is 30.7. The molecule has 0 bridgehead atoms. The Balaban J connectivity index is 1.22. The van der Waals surface area contributed by atoms with E-state index in [0.29, 0.717) is 18.7 Å². The van der Waals surface area contributed by atoms with Crippen molar-refractivity contribution < 1.29 is 28.2 Å². The van der Waals surface area contributed by atoms with E-state index in [1.165, 1.54) is 19.2 Å². The molecule has 2 aromatic carbocycles. The summed E-state index contributed by atoms with van der Waals surface area (Å²) >= 11 is 8.19. The number of hydrogen-bond acceptors (Lipinski definition) is 6. The highest BCUT2D eigenvalue weighted by atomic mass is 35.5. The Morgan fingerprint density at radius 2 is 1.88 bits per heavy atom. The van der Waals surface area contributed by atoms with Crippen molar-refractivity contribution in [1.29, 1.82) is 0 Å². The van der Waals surface area contributed by atoms with E-state index in [9.17, 15) is 14.4 Å². The van der Waals surface area contributed by atoms with Gasteiger partial charge in [-0.05, 0) is 62.1 Å². The van der Waals surface area contributed by atoms with Gasteiger partial charge < -0.3 is 24.3 Å². The number of halogens is 2. The summed E-state index contributed by atoms with van der Waals surface area (Å²) in [6.07, 6.45) is 7.46. The fourth-order valence-corrected chi connectivity index (χ4v) is 7.14. The molecular formula is C32H37ClFN3O5S. The standard InChI is InChI=1S/C32H37ClFN3O5S/c1-36-17-25(24-6-4-5-7-29(24)36)31(39)35-28-15-27(34)20(12-26(28)33)13-30(38)37-16-23(43-3)14-21(37)18-42-22-10-8-19(9-11-22)32(40)41-2/h4-7,12,15,17,19,21-23H,8-11,13-14,16,18H2,1-3H3,(H,35,39)/t19-,21-,22-,23-/m0/s1. The number of nitrogens with zero attached hydrogens (tertiary/aromatic N) is 2. The normalized spacial score (nSPS) is 22.1. The second-order valence-corrected chi connectivity index (χ2v) is 12.9. The van der Waals surface area contributed by atoms with Gasteiger partial charge in [-0.1, -0.05) is 29.8 Å². The molecule has 230 valence electrons. The first-order valence-corrected chi connectivity index (χ1v) is 16.2. The molecule has 0 spiro atoms. The Morgan fingerprint density at radius 3 is 2.60 bits per heavy atom. The molecule has 43 heavy (non-hydrogen) atoms. The van der Waals surface area contributed by atoms with Crippen LogP contribution in [-0.4, -0.2) is 71.2 Å². The minimum atomic E-state index is -0.609. The summed E-state index contributed by atoms with van der Waals surface area (Å²) < 4.78 is 28.2. The summed E-state index contributed by atoms with van der Waals surface area (Å²) in [4.78, 5) is 40.2. The van der Waals surface area contributed by atoms with E-state index in [-0.39, 0.29) is 57.9 Å². The van der Waals surface area contributed by atoms with Crippen molar-refractivity contribution in [3.63, 3.8) is 0 Å². The topological polar surface area (TPSA) is 89.9 Å². The number of aryl methyl sites for hydroxylation is 1. The number of likely N-dealkylation sites (tertiary alicyclic amines) is 1. The second kappa shape index (κ2) is 13.7. The Hall–Kier alpha value is -3.08. The number of anilines is 1. The smallest absolute Gasteiger partial charge is 0.308 e. The maximum atomic E-state index is 15.3. The van der Waals surface area contributed by atoms with E-state index in [1.54, 1.807) is 22.9 Å². The lowest BCUT2D eigenvalue weighted by Gasteiger charge is -2.30. The fraction of sp³-hybridized carbons (Fsp3) is 0.469. The first-order valence-electron chi connectivity index (χ1n) is 14.5. The van der Waals surface area contributed by atoms with Crippen LogP contribution < -0.4 is 5.32 Å². The third-order valence-electron chi connectivity index (χ3n) is 8.63. The number of amides is 2. The highest BCUT2D eigenvalue weighted by Crippen LogP contribution is 2.32. The molecule has 0 unspecified atom stereocenters. The van der Waals surface area contributed by atoms with Gasteiger partial charge in [-0.25, -0.2) is 4.39 Å². The number of carbonyl (C=O) groups is 3. The first-order chi connectivity index (χ1) is 20.7. The minimum Gasteiger partial charge on any atom is -0.469 e. The van der Waals surface area contributed by atoms with Crippen molar-refractivity contribution in [1.82, 2.24) is 9.47 Å². The zero-order valence-electron chi connectivity index (χ0n) is 24.6. The highest BCUT2D eigenvalue weighted by Gasteiger charge is 2.36. The lowest BCUT2D eigenvalue weighted by Crippen LogP contribution is -2.40. The number of methoxy groups -OCH3 is 1. The van der Waals surface area contributed by atoms with Gasteiger partial charge in [0.25, 0.3) is 5.91 Å². The van der Waals surface area contributed by atoms with Crippen LogP contribution in [0.5, 0.6) is 0 Å². The van der Waals surface area contributed by atoms with Gasteiger partial charge in [0.1, 0.15) is 5.82 Å². The van der Waals surface area contributed by atoms with Crippen molar-refractivity contribution in [3.05, 3.63) is 64.6 Å². The quantitative estimate of drug-likeness (QED) is 0.299. The number of esters is 1. The lowest BCUT2D eigenvalue weighted by molar-refractivity contribution is -0.148. The molecular weight excluding hydrogens is 593 g/mol. The van der Waals surface area contributed by atoms with Crippen molar-refractivity contribution >= 4 is 57.7 Å². The SMILES string of the molecule is COC(=O)[C@H]1CC[C@H](OC[C@@H]2C[C@H](SC)CN2C(=O)Cc2cc(Cl)c(NC(=O)c3cn(C)c4ccccc34)cc2F)CC1. The molecule has 2 fully saturated rings. The fourth-order valence-electron chi connectivity index (χ4n) is 6.18. The van der Waals surface area contributed by atoms with Crippen LogP contribution >= 0.6 is 23.4 Å². The number of thioether (sulfide) groups is 1. The van der Waals surface area contributed by atoms with Gasteiger partial charge in [0.2, 0.25) is 5.91 Å². The van der Waals surface area contributed by atoms with E-state index in [2.05, 4.69) is 5.32 Å². The van der Waals surface area contributed by atoms with Crippen molar-refractivity contribution in [3.8, 4) is 0 Å². The van der Waals surface area contributed by atoms with Crippen LogP contribution in [0.3, 0.4) is 0 Å². The minimum absolute atomic E-state index is 0.0408. The van der Waals surface area contributed by atoms with Crippen molar-refractivity contribution in [2.45, 2.75) is 55.9 Å². The maximum Gasteiger partial charge on any atom is 0.308 e. The number of ether oxygens (including phenoxy) is 2. The van der Waals surface area contributed by atoms with E-state index in [4.69, 9.17) is 21.1 Å². The number of benzene rings is 2. The van der Waals surface area contributed by atoms with Crippen molar-refractivity contribution in [2.24, 2.45) is 13.0 Å². The number of para-hydroxylation sites is 1. The van der Waals surface area contributed by atoms with Gasteiger partial charge >= 0.3 is 5.97 Å². The molecule has 5 rings (SSSR count). The van der Waals surface area contributed by atoms with Crippen LogP contribution in [0.4, 0.5) is 10.1 Å². The first kappa shape index (κ1) is 31.3. The number of aromatic nitrogens is 1. The van der Waals surface area contributed by atoms with Crippen LogP contribution in [-0.2, 0) is 32.5 Å². The van der Waals surface area contributed by atoms with Crippen LogP contribution in [0.2, 0.25) is 5.02 Å². The molecule has 11 heteroatoms. The van der Waals surface area contributed by atoms with Gasteiger partial charge in [0, 0.05) is 35.9 Å². The third kappa shape index (κ3) is 7.02. The summed E-state index contributed by atoms with van der Waals surface area (Å²) in [5, 5.41) is 3.93. The summed E-state index contributed by atoms with van der Waals surface area (Å²) in [5.74, 6) is -1.44. The number of nitrogens with one attached hydrogen (secondary N) is 1. The molecule has 1 aliphatic heterocycles. The molecule has 3 aromatic rings. The summed E-state index contributed by atoms with van der Waals surface area (Å²) in [6.45, 7) is 0.969. The molecule has 1 aromatic heterocycles. The van der Waals surface area contributed by atoms with E-state index >= 15 is 4.39 Å². The molecule has 2 heterocycles. The predicted octanol–water partition coefficient (Wildman–Crippen LogP) is 5.85. The molecule has 0 radical (unpaired) electrons. The average Bonchev–Trinajstić information content (AvgIpc) is 3.59. The summed E-state index contributed by atoms with van der Waals surface area (Å²) in [7, 11) is 3.27. The van der Waals surface area contributed by atoms with Crippen LogP contribution in [0.1, 0.15) is 48.0 Å². The van der Waals surface area contributed by atoms with E-state index < -0.39 is 11.7 Å². The van der Waals surface area contributed by atoms with Gasteiger partial charge in [-0.3, -0.25) is 14.4 Å². The number of rotatable bonds is 9. The van der Waals surface area contributed by atoms with E-state index in [1.807, 2.05) is 42.1 Å². The van der Waals surface area contributed by atoms with Crippen LogP contribution in [0.25, 0.3) is 10.9 Å². The monoisotopic (exact) mass is 629 g/mol. The van der Waals surface area contributed by atoms with Gasteiger partial charge in [0.15, 0.2) is 0 Å². The molecule has 2 aliphatic rings. The van der Waals surface area contributed by atoms with Crippen LogP contribution in [0, 0.1) is 11.7 Å². The van der Waals surface area contributed by atoms with Gasteiger partial charge in [-0.15, -0.1) is 0 Å². The molecule has 1 saturated heterocycles. The van der Waals surface area contributed by atoms with Gasteiger partial charge in [-0.2, -0.15) is 11.8 Å². The largest absolute Gasteiger partial charge is 0.469 e.